The lowest BCUT2D eigenvalue weighted by atomic mass is 10.2. The zero-order chi connectivity index (χ0) is 20.5. The van der Waals surface area contributed by atoms with Crippen LogP contribution in [0.5, 0.6) is 5.75 Å². The number of hydrogen-bond acceptors (Lipinski definition) is 6. The molecule has 2 atom stereocenters. The number of esters is 1. The third-order valence-electron chi connectivity index (χ3n) is 3.63. The first-order valence-corrected chi connectivity index (χ1v) is 8.43. The van der Waals surface area contributed by atoms with Gasteiger partial charge in [-0.2, -0.15) is 5.26 Å². The maximum Gasteiger partial charge on any atom is 0.347 e. The summed E-state index contributed by atoms with van der Waals surface area (Å²) in [5.74, 6) is -1.55. The molecule has 0 saturated carbocycles. The number of hydrogen-bond donors (Lipinski definition) is 2. The number of nitrogens with zero attached hydrogens (tertiary/aromatic N) is 1. The smallest absolute Gasteiger partial charge is 0.347 e. The van der Waals surface area contributed by atoms with E-state index in [1.54, 1.807) is 54.6 Å². The highest BCUT2D eigenvalue weighted by atomic mass is 16.6. The van der Waals surface area contributed by atoms with Crippen molar-refractivity contribution >= 4 is 17.8 Å². The Labute approximate surface area is 162 Å². The predicted molar refractivity (Wildman–Crippen MR) is 98.9 cm³/mol. The van der Waals surface area contributed by atoms with Crippen LogP contribution in [0.15, 0.2) is 54.6 Å². The van der Waals surface area contributed by atoms with Gasteiger partial charge in [0.2, 0.25) is 0 Å². The molecule has 0 heterocycles. The first-order valence-electron chi connectivity index (χ1n) is 8.43. The topological polar surface area (TPSA) is 118 Å². The summed E-state index contributed by atoms with van der Waals surface area (Å²) in [5, 5.41) is 8.76. The first-order chi connectivity index (χ1) is 13.4. The second-order valence-electron chi connectivity index (χ2n) is 5.78. The molecule has 8 nitrogen and oxygen atoms in total. The summed E-state index contributed by atoms with van der Waals surface area (Å²) < 4.78 is 10.5. The fourth-order valence-corrected chi connectivity index (χ4v) is 2.07. The third kappa shape index (κ3) is 5.85. The number of carbonyl (C=O) groups is 3. The van der Waals surface area contributed by atoms with Crippen LogP contribution < -0.4 is 15.6 Å². The van der Waals surface area contributed by atoms with Gasteiger partial charge in [0.05, 0.1) is 11.6 Å². The molecule has 0 aliphatic rings. The highest BCUT2D eigenvalue weighted by molar-refractivity contribution is 5.95. The van der Waals surface area contributed by atoms with Gasteiger partial charge in [0, 0.05) is 5.56 Å². The number of nitrogens with one attached hydrogen (secondary N) is 2. The van der Waals surface area contributed by atoms with Crippen LogP contribution in [-0.2, 0) is 14.3 Å². The van der Waals surface area contributed by atoms with Crippen molar-refractivity contribution in [3.05, 3.63) is 65.7 Å². The summed E-state index contributed by atoms with van der Waals surface area (Å²) in [7, 11) is 0. The summed E-state index contributed by atoms with van der Waals surface area (Å²) in [4.78, 5) is 35.9. The Bertz CT molecular complexity index is 875. The molecule has 8 heteroatoms. The average molecular weight is 381 g/mol. The summed E-state index contributed by atoms with van der Waals surface area (Å²) in [6.45, 7) is 2.85. The molecular weight excluding hydrogens is 362 g/mol. The van der Waals surface area contributed by atoms with Crippen molar-refractivity contribution in [1.82, 2.24) is 10.9 Å². The van der Waals surface area contributed by atoms with Gasteiger partial charge in [-0.1, -0.05) is 18.2 Å². The van der Waals surface area contributed by atoms with Gasteiger partial charge in [0.25, 0.3) is 11.8 Å². The van der Waals surface area contributed by atoms with E-state index in [-0.39, 0.29) is 0 Å². The Morgan fingerprint density at radius 1 is 0.929 bits per heavy atom. The normalized spacial score (nSPS) is 12.0. The predicted octanol–water partition coefficient (Wildman–Crippen LogP) is 1.72. The monoisotopic (exact) mass is 381 g/mol. The number of ether oxygens (including phenoxy) is 2. The summed E-state index contributed by atoms with van der Waals surface area (Å²) in [6.07, 6.45) is -2.11. The van der Waals surface area contributed by atoms with Crippen LogP contribution in [0.3, 0.4) is 0 Å². The molecule has 2 rings (SSSR count). The van der Waals surface area contributed by atoms with E-state index in [1.165, 1.54) is 13.8 Å². The van der Waals surface area contributed by atoms with Crippen molar-refractivity contribution in [2.24, 2.45) is 0 Å². The van der Waals surface area contributed by atoms with Crippen molar-refractivity contribution in [3.63, 3.8) is 0 Å². The van der Waals surface area contributed by atoms with E-state index in [0.29, 0.717) is 16.9 Å². The number of nitriles is 1. The van der Waals surface area contributed by atoms with Crippen LogP contribution in [0.4, 0.5) is 0 Å². The lowest BCUT2D eigenvalue weighted by Crippen LogP contribution is -2.47. The highest BCUT2D eigenvalue weighted by Crippen LogP contribution is 2.14. The SMILES string of the molecule is C[C@@H](OC(=O)[C@@H](C)Oc1ccc(C#N)cc1)C(=O)NNC(=O)c1ccccc1. The molecule has 28 heavy (non-hydrogen) atoms. The van der Waals surface area contributed by atoms with E-state index in [1.807, 2.05) is 6.07 Å². The van der Waals surface area contributed by atoms with Crippen LogP contribution in [-0.4, -0.2) is 30.0 Å². The minimum absolute atomic E-state index is 0.372. The Morgan fingerprint density at radius 3 is 2.18 bits per heavy atom. The van der Waals surface area contributed by atoms with Gasteiger partial charge >= 0.3 is 5.97 Å². The molecule has 0 fully saturated rings. The molecular formula is C20H19N3O5. The molecule has 144 valence electrons. The van der Waals surface area contributed by atoms with E-state index in [0.717, 1.165) is 0 Å². The van der Waals surface area contributed by atoms with Gasteiger partial charge in [-0.05, 0) is 50.2 Å². The van der Waals surface area contributed by atoms with Crippen molar-refractivity contribution in [1.29, 1.82) is 5.26 Å². The molecule has 2 aromatic rings. The van der Waals surface area contributed by atoms with Crippen molar-refractivity contribution in [2.75, 3.05) is 0 Å². The van der Waals surface area contributed by atoms with Gasteiger partial charge in [0.15, 0.2) is 12.2 Å². The fraction of sp³-hybridized carbons (Fsp3) is 0.200. The lowest BCUT2D eigenvalue weighted by molar-refractivity contribution is -0.161. The zero-order valence-corrected chi connectivity index (χ0v) is 15.3. The number of hydrazine groups is 1. The van der Waals surface area contributed by atoms with Crippen molar-refractivity contribution in [3.8, 4) is 11.8 Å². The average Bonchev–Trinajstić information content (AvgIpc) is 2.72. The third-order valence-corrected chi connectivity index (χ3v) is 3.63. The van der Waals surface area contributed by atoms with Crippen LogP contribution in [0, 0.1) is 11.3 Å². The Kier molecular flexibility index (Phi) is 7.11. The van der Waals surface area contributed by atoms with Crippen LogP contribution in [0.25, 0.3) is 0 Å². The summed E-state index contributed by atoms with van der Waals surface area (Å²) >= 11 is 0. The fourth-order valence-electron chi connectivity index (χ4n) is 2.07. The minimum Gasteiger partial charge on any atom is -0.479 e. The molecule has 0 aromatic heterocycles. The molecule has 0 unspecified atom stereocenters. The molecule has 2 amide bonds. The molecule has 0 spiro atoms. The van der Waals surface area contributed by atoms with Gasteiger partial charge in [0.1, 0.15) is 5.75 Å². The molecule has 0 bridgehead atoms. The first kappa shape index (κ1) is 20.5. The summed E-state index contributed by atoms with van der Waals surface area (Å²) in [5.41, 5.74) is 5.28. The Hall–Kier alpha value is -3.86. The standard InChI is InChI=1S/C20H19N3O5/c1-13(18(24)22-23-19(25)16-6-4-3-5-7-16)28-20(26)14(2)27-17-10-8-15(12-21)9-11-17/h3-11,13-14H,1-2H3,(H,22,24)(H,23,25)/t13-,14-/m1/s1. The minimum atomic E-state index is -1.14. The van der Waals surface area contributed by atoms with Gasteiger partial charge < -0.3 is 9.47 Å². The largest absolute Gasteiger partial charge is 0.479 e. The van der Waals surface area contributed by atoms with Crippen LogP contribution in [0.2, 0.25) is 0 Å². The van der Waals surface area contributed by atoms with E-state index in [2.05, 4.69) is 10.9 Å². The molecule has 0 aliphatic heterocycles. The number of amides is 2. The zero-order valence-electron chi connectivity index (χ0n) is 15.3. The molecule has 0 saturated heterocycles. The highest BCUT2D eigenvalue weighted by Gasteiger charge is 2.23. The van der Waals surface area contributed by atoms with E-state index < -0.39 is 30.0 Å². The Morgan fingerprint density at radius 2 is 1.57 bits per heavy atom. The molecule has 2 aromatic carbocycles. The second kappa shape index (κ2) is 9.73. The molecule has 0 aliphatic carbocycles. The van der Waals surface area contributed by atoms with E-state index in [9.17, 15) is 14.4 Å². The second-order valence-corrected chi connectivity index (χ2v) is 5.78. The maximum atomic E-state index is 12.1. The van der Waals surface area contributed by atoms with E-state index in [4.69, 9.17) is 14.7 Å². The number of benzene rings is 2. The number of rotatable bonds is 6. The van der Waals surface area contributed by atoms with Gasteiger partial charge in [-0.25, -0.2) is 4.79 Å². The van der Waals surface area contributed by atoms with Crippen molar-refractivity contribution in [2.45, 2.75) is 26.1 Å². The lowest BCUT2D eigenvalue weighted by Gasteiger charge is -2.18. The van der Waals surface area contributed by atoms with Crippen molar-refractivity contribution < 1.29 is 23.9 Å². The van der Waals surface area contributed by atoms with E-state index >= 15 is 0 Å². The van der Waals surface area contributed by atoms with Gasteiger partial charge in [-0.3, -0.25) is 20.4 Å². The maximum absolute atomic E-state index is 12.1. The quantitative estimate of drug-likeness (QED) is 0.581. The van der Waals surface area contributed by atoms with Gasteiger partial charge in [-0.15, -0.1) is 0 Å². The Balaban J connectivity index is 1.80. The molecule has 2 N–H and O–H groups in total. The van der Waals surface area contributed by atoms with Crippen LogP contribution >= 0.6 is 0 Å². The summed E-state index contributed by atoms with van der Waals surface area (Å²) in [6, 6.07) is 16.5. The number of carbonyl (C=O) groups excluding carboxylic acids is 3. The van der Waals surface area contributed by atoms with Crippen LogP contribution in [0.1, 0.15) is 29.8 Å². The molecule has 0 radical (unpaired) electrons.